The van der Waals surface area contributed by atoms with Crippen molar-refractivity contribution >= 4 is 0 Å². The van der Waals surface area contributed by atoms with E-state index < -0.39 is 0 Å². The van der Waals surface area contributed by atoms with Gasteiger partial charge in [0.2, 0.25) is 0 Å². The lowest BCUT2D eigenvalue weighted by molar-refractivity contribution is 0.217. The summed E-state index contributed by atoms with van der Waals surface area (Å²) in [5, 5.41) is 3.66. The van der Waals surface area contributed by atoms with Crippen molar-refractivity contribution < 1.29 is 0 Å². The number of nitrogens with one attached hydrogen (secondary N) is 1. The second-order valence-electron chi connectivity index (χ2n) is 5.06. The molecule has 1 aliphatic carbocycles. The second-order valence-corrected chi connectivity index (χ2v) is 5.06. The molecule has 0 spiro atoms. The summed E-state index contributed by atoms with van der Waals surface area (Å²) in [5.74, 6) is 1.85. The summed E-state index contributed by atoms with van der Waals surface area (Å²) in [4.78, 5) is 0. The van der Waals surface area contributed by atoms with Crippen LogP contribution in [0.5, 0.6) is 0 Å². The molecular weight excluding hydrogens is 182 g/mol. The molecule has 0 aliphatic heterocycles. The number of rotatable bonds is 6. The summed E-state index contributed by atoms with van der Waals surface area (Å²) in [6, 6.07) is 0.732. The maximum absolute atomic E-state index is 3.83. The van der Waals surface area contributed by atoms with Crippen molar-refractivity contribution in [1.82, 2.24) is 5.32 Å². The zero-order chi connectivity index (χ0) is 11.1. The van der Waals surface area contributed by atoms with Crippen LogP contribution in [0.2, 0.25) is 0 Å². The van der Waals surface area contributed by atoms with E-state index in [-0.39, 0.29) is 0 Å². The van der Waals surface area contributed by atoms with Gasteiger partial charge in [-0.25, -0.2) is 0 Å². The maximum atomic E-state index is 3.83. The van der Waals surface area contributed by atoms with Gasteiger partial charge in [0, 0.05) is 6.04 Å². The molecule has 0 aromatic carbocycles. The van der Waals surface area contributed by atoms with Crippen molar-refractivity contribution in [3.05, 3.63) is 12.7 Å². The van der Waals surface area contributed by atoms with Crippen molar-refractivity contribution in [3.63, 3.8) is 0 Å². The van der Waals surface area contributed by atoms with E-state index in [1.54, 1.807) is 0 Å². The molecule has 1 aliphatic rings. The fourth-order valence-corrected chi connectivity index (χ4v) is 2.91. The average molecular weight is 209 g/mol. The monoisotopic (exact) mass is 209 g/mol. The fraction of sp³-hybridized carbons (Fsp3) is 0.857. The predicted molar refractivity (Wildman–Crippen MR) is 68.0 cm³/mol. The molecule has 3 unspecified atom stereocenters. The van der Waals surface area contributed by atoms with Gasteiger partial charge in [0.15, 0.2) is 0 Å². The molecule has 1 fully saturated rings. The van der Waals surface area contributed by atoms with E-state index in [1.807, 2.05) is 0 Å². The summed E-state index contributed by atoms with van der Waals surface area (Å²) in [7, 11) is 0. The van der Waals surface area contributed by atoms with Gasteiger partial charge in [-0.1, -0.05) is 32.8 Å². The quantitative estimate of drug-likeness (QED) is 0.657. The first kappa shape index (κ1) is 12.8. The molecule has 3 atom stereocenters. The predicted octanol–water partition coefficient (Wildman–Crippen LogP) is 3.76. The molecule has 1 nitrogen and oxygen atoms in total. The third-order valence-corrected chi connectivity index (χ3v) is 3.69. The second kappa shape index (κ2) is 7.05. The van der Waals surface area contributed by atoms with Crippen LogP contribution in [-0.2, 0) is 0 Å². The normalized spacial score (nSPS) is 28.7. The Morgan fingerprint density at radius 3 is 2.87 bits per heavy atom. The van der Waals surface area contributed by atoms with Gasteiger partial charge in [0.05, 0.1) is 0 Å². The highest BCUT2D eigenvalue weighted by atomic mass is 14.9. The smallest absolute Gasteiger partial charge is 0.00982 e. The first-order valence-electron chi connectivity index (χ1n) is 6.62. The molecule has 1 heteroatoms. The lowest BCUT2D eigenvalue weighted by Crippen LogP contribution is -2.38. The first-order valence-corrected chi connectivity index (χ1v) is 6.62. The molecule has 0 saturated heterocycles. The molecule has 0 bridgehead atoms. The molecule has 1 rings (SSSR count). The third kappa shape index (κ3) is 4.38. The van der Waals surface area contributed by atoms with Crippen molar-refractivity contribution in [3.8, 4) is 0 Å². The van der Waals surface area contributed by atoms with Gasteiger partial charge in [-0.15, -0.1) is 6.58 Å². The minimum absolute atomic E-state index is 0.732. The Hall–Kier alpha value is -0.300. The highest BCUT2D eigenvalue weighted by Crippen LogP contribution is 2.32. The minimum Gasteiger partial charge on any atom is -0.314 e. The van der Waals surface area contributed by atoms with Crippen LogP contribution >= 0.6 is 0 Å². The van der Waals surface area contributed by atoms with Gasteiger partial charge in [-0.05, 0) is 44.1 Å². The third-order valence-electron chi connectivity index (χ3n) is 3.69. The molecule has 1 saturated carbocycles. The summed E-state index contributed by atoms with van der Waals surface area (Å²) >= 11 is 0. The minimum atomic E-state index is 0.732. The van der Waals surface area contributed by atoms with Crippen LogP contribution in [-0.4, -0.2) is 12.6 Å². The van der Waals surface area contributed by atoms with E-state index in [4.69, 9.17) is 0 Å². The van der Waals surface area contributed by atoms with Gasteiger partial charge in [-0.3, -0.25) is 0 Å². The van der Waals surface area contributed by atoms with Gasteiger partial charge in [0.1, 0.15) is 0 Å². The summed E-state index contributed by atoms with van der Waals surface area (Å²) in [6.07, 6.45) is 10.2. The topological polar surface area (TPSA) is 12.0 Å². The van der Waals surface area contributed by atoms with Gasteiger partial charge >= 0.3 is 0 Å². The van der Waals surface area contributed by atoms with Crippen LogP contribution in [0.25, 0.3) is 0 Å². The van der Waals surface area contributed by atoms with Crippen molar-refractivity contribution in [2.45, 2.75) is 58.4 Å². The van der Waals surface area contributed by atoms with Gasteiger partial charge in [0.25, 0.3) is 0 Å². The van der Waals surface area contributed by atoms with E-state index >= 15 is 0 Å². The van der Waals surface area contributed by atoms with E-state index in [0.29, 0.717) is 0 Å². The maximum Gasteiger partial charge on any atom is 0.00982 e. The van der Waals surface area contributed by atoms with Gasteiger partial charge in [-0.2, -0.15) is 0 Å². The Bertz CT molecular complexity index is 176. The van der Waals surface area contributed by atoms with Crippen LogP contribution in [0, 0.1) is 11.8 Å². The summed E-state index contributed by atoms with van der Waals surface area (Å²) in [6.45, 7) is 9.55. The fourth-order valence-electron chi connectivity index (χ4n) is 2.91. The molecule has 0 radical (unpaired) electrons. The molecular formula is C14H27N. The molecule has 0 amide bonds. The Kier molecular flexibility index (Phi) is 6.00. The molecule has 15 heavy (non-hydrogen) atoms. The Balaban J connectivity index is 2.41. The van der Waals surface area contributed by atoms with E-state index in [2.05, 4.69) is 31.8 Å². The average Bonchev–Trinajstić information content (AvgIpc) is 2.24. The largest absolute Gasteiger partial charge is 0.314 e. The van der Waals surface area contributed by atoms with Crippen molar-refractivity contribution in [1.29, 1.82) is 0 Å². The summed E-state index contributed by atoms with van der Waals surface area (Å²) in [5.41, 5.74) is 0. The standard InChI is InChI=1S/C14H27N/c1-4-6-10-14(15-5-2)13-9-7-8-12(3)11-13/h4,12-15H,1,5-11H2,2-3H3. The number of hydrogen-bond donors (Lipinski definition) is 1. The lowest BCUT2D eigenvalue weighted by Gasteiger charge is -2.33. The van der Waals surface area contributed by atoms with Crippen molar-refractivity contribution in [2.75, 3.05) is 6.54 Å². The molecule has 88 valence electrons. The number of hydrogen-bond acceptors (Lipinski definition) is 1. The van der Waals surface area contributed by atoms with Crippen LogP contribution in [0.4, 0.5) is 0 Å². The Morgan fingerprint density at radius 2 is 2.27 bits per heavy atom. The highest BCUT2D eigenvalue weighted by molar-refractivity contribution is 4.83. The molecule has 0 aromatic heterocycles. The van der Waals surface area contributed by atoms with E-state index in [0.717, 1.165) is 30.8 Å². The zero-order valence-electron chi connectivity index (χ0n) is 10.5. The zero-order valence-corrected chi connectivity index (χ0v) is 10.5. The number of allylic oxidation sites excluding steroid dienone is 1. The Labute approximate surface area is 95.3 Å². The molecule has 0 heterocycles. The lowest BCUT2D eigenvalue weighted by atomic mass is 9.77. The van der Waals surface area contributed by atoms with Crippen molar-refractivity contribution in [2.24, 2.45) is 11.8 Å². The molecule has 0 aromatic rings. The van der Waals surface area contributed by atoms with Crippen LogP contribution in [0.1, 0.15) is 52.4 Å². The van der Waals surface area contributed by atoms with E-state index in [9.17, 15) is 0 Å². The van der Waals surface area contributed by atoms with Crippen LogP contribution < -0.4 is 5.32 Å². The van der Waals surface area contributed by atoms with Crippen LogP contribution in [0.3, 0.4) is 0 Å². The molecule has 1 N–H and O–H groups in total. The van der Waals surface area contributed by atoms with E-state index in [1.165, 1.54) is 32.1 Å². The first-order chi connectivity index (χ1) is 7.27. The van der Waals surface area contributed by atoms with Gasteiger partial charge < -0.3 is 5.32 Å². The Morgan fingerprint density at radius 1 is 1.47 bits per heavy atom. The highest BCUT2D eigenvalue weighted by Gasteiger charge is 2.25. The summed E-state index contributed by atoms with van der Waals surface area (Å²) < 4.78 is 0. The van der Waals surface area contributed by atoms with Crippen LogP contribution in [0.15, 0.2) is 12.7 Å². The SMILES string of the molecule is C=CCCC(NCC)C1CCCC(C)C1.